The van der Waals surface area contributed by atoms with Crippen molar-refractivity contribution in [2.75, 3.05) is 14.2 Å². The van der Waals surface area contributed by atoms with Gasteiger partial charge in [-0.2, -0.15) is 5.26 Å². The summed E-state index contributed by atoms with van der Waals surface area (Å²) in [5.74, 6) is 0.790. The molecule has 0 radical (unpaired) electrons. The number of benzene rings is 1. The molecule has 1 aliphatic rings. The van der Waals surface area contributed by atoms with E-state index in [1.54, 1.807) is 7.11 Å². The number of hydrogen-bond donors (Lipinski definition) is 1. The van der Waals surface area contributed by atoms with E-state index < -0.39 is 0 Å². The monoisotopic (exact) mass is 264 g/mol. The molecule has 18 heavy (non-hydrogen) atoms. The van der Waals surface area contributed by atoms with Crippen LogP contribution in [0.5, 0.6) is 5.75 Å². The first kappa shape index (κ1) is 13.2. The normalized spacial score (nSPS) is 17.9. The van der Waals surface area contributed by atoms with Crippen molar-refractivity contribution >= 4 is 11.6 Å². The van der Waals surface area contributed by atoms with Crippen molar-refractivity contribution in [1.82, 2.24) is 5.32 Å². The molecule has 0 aromatic heterocycles. The lowest BCUT2D eigenvalue weighted by Crippen LogP contribution is -2.26. The molecule has 3 nitrogen and oxygen atoms in total. The maximum absolute atomic E-state index is 9.34. The third-order valence-corrected chi connectivity index (χ3v) is 4.08. The van der Waals surface area contributed by atoms with Crippen molar-refractivity contribution < 1.29 is 4.74 Å². The van der Waals surface area contributed by atoms with E-state index in [1.165, 1.54) is 0 Å². The number of methoxy groups -OCH3 is 1. The van der Waals surface area contributed by atoms with Gasteiger partial charge in [-0.3, -0.25) is 0 Å². The Morgan fingerprint density at radius 3 is 2.61 bits per heavy atom. The first-order valence-electron chi connectivity index (χ1n) is 6.00. The van der Waals surface area contributed by atoms with Crippen molar-refractivity contribution in [1.29, 1.82) is 5.26 Å². The van der Waals surface area contributed by atoms with Crippen LogP contribution in [-0.2, 0) is 0 Å². The lowest BCUT2D eigenvalue weighted by atomic mass is 9.90. The van der Waals surface area contributed by atoms with Crippen molar-refractivity contribution in [2.45, 2.75) is 25.8 Å². The summed E-state index contributed by atoms with van der Waals surface area (Å²) in [7, 11) is 3.51. The van der Waals surface area contributed by atoms with Gasteiger partial charge in [0, 0.05) is 10.6 Å². The highest BCUT2D eigenvalue weighted by atomic mass is 35.5. The minimum absolute atomic E-state index is 0.0319. The highest BCUT2D eigenvalue weighted by Crippen LogP contribution is 2.55. The molecule has 2 rings (SSSR count). The lowest BCUT2D eigenvalue weighted by molar-refractivity contribution is 0.380. The molecule has 1 aliphatic carbocycles. The van der Waals surface area contributed by atoms with E-state index >= 15 is 0 Å². The van der Waals surface area contributed by atoms with E-state index in [2.05, 4.69) is 11.4 Å². The molecule has 0 bridgehead atoms. The molecule has 1 saturated carbocycles. The minimum atomic E-state index is -0.305. The first-order valence-corrected chi connectivity index (χ1v) is 6.38. The Bertz CT molecular complexity index is 503. The Balaban J connectivity index is 2.49. The smallest absolute Gasteiger partial charge is 0.124 e. The van der Waals surface area contributed by atoms with E-state index in [4.69, 9.17) is 16.3 Å². The molecule has 96 valence electrons. The van der Waals surface area contributed by atoms with Crippen LogP contribution in [0.25, 0.3) is 0 Å². The molecule has 1 aromatic carbocycles. The quantitative estimate of drug-likeness (QED) is 0.908. The number of halogens is 1. The van der Waals surface area contributed by atoms with E-state index in [1.807, 2.05) is 26.1 Å². The van der Waals surface area contributed by atoms with E-state index in [0.717, 1.165) is 29.7 Å². The van der Waals surface area contributed by atoms with Gasteiger partial charge in [-0.1, -0.05) is 11.6 Å². The molecule has 4 heteroatoms. The van der Waals surface area contributed by atoms with Gasteiger partial charge in [-0.05, 0) is 44.5 Å². The summed E-state index contributed by atoms with van der Waals surface area (Å²) in [6.07, 6.45) is 1.84. The average Bonchev–Trinajstić information content (AvgIpc) is 3.15. The number of nitrogens with zero attached hydrogens (tertiary/aromatic N) is 1. The van der Waals surface area contributed by atoms with Gasteiger partial charge in [0.2, 0.25) is 0 Å². The fourth-order valence-corrected chi connectivity index (χ4v) is 2.57. The van der Waals surface area contributed by atoms with Gasteiger partial charge in [0.25, 0.3) is 0 Å². The number of nitriles is 1. The molecular weight excluding hydrogens is 248 g/mol. The topological polar surface area (TPSA) is 45.0 Å². The van der Waals surface area contributed by atoms with Crippen molar-refractivity contribution in [3.63, 3.8) is 0 Å². The third kappa shape index (κ3) is 2.07. The molecular formula is C14H17ClN2O. The molecule has 1 N–H and O–H groups in total. The summed E-state index contributed by atoms with van der Waals surface area (Å²) in [5.41, 5.74) is 1.64. The summed E-state index contributed by atoms with van der Waals surface area (Å²) in [5, 5.41) is 13.3. The number of nitrogens with one attached hydrogen (secondary N) is 1. The Labute approximate surface area is 113 Å². The summed E-state index contributed by atoms with van der Waals surface area (Å²) < 4.78 is 5.42. The van der Waals surface area contributed by atoms with Crippen molar-refractivity contribution in [3.05, 3.63) is 28.3 Å². The Morgan fingerprint density at radius 2 is 2.17 bits per heavy atom. The number of rotatable bonds is 4. The van der Waals surface area contributed by atoms with Crippen molar-refractivity contribution in [3.8, 4) is 11.8 Å². The van der Waals surface area contributed by atoms with Gasteiger partial charge in [0.15, 0.2) is 0 Å². The van der Waals surface area contributed by atoms with Gasteiger partial charge in [0.05, 0.1) is 24.6 Å². The molecule has 0 heterocycles. The van der Waals surface area contributed by atoms with Crippen LogP contribution < -0.4 is 10.1 Å². The maximum Gasteiger partial charge on any atom is 0.124 e. The fraction of sp³-hybridized carbons (Fsp3) is 0.500. The SMILES string of the molecule is CNC(c1cc(Cl)c(C)cc1OC)C1(C#N)CC1. The number of hydrogen-bond acceptors (Lipinski definition) is 3. The van der Waals surface area contributed by atoms with E-state index in [0.29, 0.717) is 5.02 Å². The Hall–Kier alpha value is -1.24. The van der Waals surface area contributed by atoms with Gasteiger partial charge >= 0.3 is 0 Å². The zero-order valence-electron chi connectivity index (χ0n) is 10.9. The van der Waals surface area contributed by atoms with Crippen LogP contribution in [0.15, 0.2) is 12.1 Å². The fourth-order valence-electron chi connectivity index (χ4n) is 2.40. The lowest BCUT2D eigenvalue weighted by Gasteiger charge is -2.24. The van der Waals surface area contributed by atoms with Crippen LogP contribution >= 0.6 is 11.6 Å². The average molecular weight is 265 g/mol. The van der Waals surface area contributed by atoms with Gasteiger partial charge in [-0.15, -0.1) is 0 Å². The predicted molar refractivity (Wildman–Crippen MR) is 71.8 cm³/mol. The molecule has 0 spiro atoms. The van der Waals surface area contributed by atoms with Crippen LogP contribution in [0.1, 0.15) is 30.0 Å². The second kappa shape index (κ2) is 4.79. The van der Waals surface area contributed by atoms with Crippen LogP contribution in [0.4, 0.5) is 0 Å². The van der Waals surface area contributed by atoms with Gasteiger partial charge in [-0.25, -0.2) is 0 Å². The molecule has 1 fully saturated rings. The second-order valence-electron chi connectivity index (χ2n) is 4.83. The summed E-state index contributed by atoms with van der Waals surface area (Å²) >= 11 is 6.19. The first-order chi connectivity index (χ1) is 8.57. The standard InChI is InChI=1S/C14H17ClN2O/c1-9-6-12(18-3)10(7-11(9)15)13(17-2)14(8-16)4-5-14/h6-7,13,17H,4-5H2,1-3H3. The molecule has 1 aromatic rings. The zero-order chi connectivity index (χ0) is 13.3. The molecule has 0 amide bonds. The molecule has 1 atom stereocenters. The van der Waals surface area contributed by atoms with Crippen LogP contribution in [-0.4, -0.2) is 14.2 Å². The largest absolute Gasteiger partial charge is 0.496 e. The molecule has 1 unspecified atom stereocenters. The predicted octanol–water partition coefficient (Wildman–Crippen LogP) is 3.22. The highest BCUT2D eigenvalue weighted by Gasteiger charge is 2.51. The Kier molecular flexibility index (Phi) is 3.52. The number of aryl methyl sites for hydroxylation is 1. The third-order valence-electron chi connectivity index (χ3n) is 3.67. The van der Waals surface area contributed by atoms with E-state index in [-0.39, 0.29) is 11.5 Å². The second-order valence-corrected chi connectivity index (χ2v) is 5.24. The van der Waals surface area contributed by atoms with Crippen LogP contribution in [0, 0.1) is 23.7 Å². The van der Waals surface area contributed by atoms with Crippen molar-refractivity contribution in [2.24, 2.45) is 5.41 Å². The van der Waals surface area contributed by atoms with E-state index in [9.17, 15) is 5.26 Å². The summed E-state index contributed by atoms with van der Waals surface area (Å²) in [6.45, 7) is 1.94. The molecule has 0 aliphatic heterocycles. The van der Waals surface area contributed by atoms with Gasteiger partial charge < -0.3 is 10.1 Å². The summed E-state index contributed by atoms with van der Waals surface area (Å²) in [4.78, 5) is 0. The minimum Gasteiger partial charge on any atom is -0.496 e. The number of ether oxygens (including phenoxy) is 1. The van der Waals surface area contributed by atoms with Gasteiger partial charge in [0.1, 0.15) is 5.75 Å². The maximum atomic E-state index is 9.34. The van der Waals surface area contributed by atoms with Crippen LogP contribution in [0.3, 0.4) is 0 Å². The Morgan fingerprint density at radius 1 is 1.50 bits per heavy atom. The highest BCUT2D eigenvalue weighted by molar-refractivity contribution is 6.31. The summed E-state index contributed by atoms with van der Waals surface area (Å²) in [6, 6.07) is 6.23. The van der Waals surface area contributed by atoms with Crippen LogP contribution in [0.2, 0.25) is 5.02 Å². The zero-order valence-corrected chi connectivity index (χ0v) is 11.6. The molecule has 0 saturated heterocycles.